The summed E-state index contributed by atoms with van der Waals surface area (Å²) in [7, 11) is 0. The lowest BCUT2D eigenvalue weighted by molar-refractivity contribution is -0.114. The van der Waals surface area contributed by atoms with E-state index in [2.05, 4.69) is 17.6 Å². The molecule has 1 aliphatic rings. The first-order chi connectivity index (χ1) is 9.98. The number of nitrogens with one attached hydrogen (secondary N) is 2. The molecule has 3 N–H and O–H groups in total. The van der Waals surface area contributed by atoms with Crippen LogP contribution in [0.15, 0.2) is 24.3 Å². The van der Waals surface area contributed by atoms with Crippen molar-refractivity contribution in [1.82, 2.24) is 5.32 Å². The highest BCUT2D eigenvalue weighted by molar-refractivity contribution is 5.88. The summed E-state index contributed by atoms with van der Waals surface area (Å²) in [5.74, 6) is -0.0655. The van der Waals surface area contributed by atoms with Crippen LogP contribution in [0.1, 0.15) is 57.6 Å². The Labute approximate surface area is 126 Å². The Balaban J connectivity index is 1.93. The number of carbonyl (C=O) groups is 1. The van der Waals surface area contributed by atoms with Gasteiger partial charge >= 0.3 is 0 Å². The molecule has 0 saturated heterocycles. The van der Waals surface area contributed by atoms with Crippen LogP contribution in [-0.4, -0.2) is 23.2 Å². The quantitative estimate of drug-likeness (QED) is 0.781. The maximum Gasteiger partial charge on any atom is 0.221 e. The van der Waals surface area contributed by atoms with Gasteiger partial charge in [-0.15, -0.1) is 0 Å². The van der Waals surface area contributed by atoms with E-state index in [1.54, 1.807) is 0 Å². The van der Waals surface area contributed by atoms with Crippen molar-refractivity contribution in [3.8, 4) is 0 Å². The van der Waals surface area contributed by atoms with Crippen molar-refractivity contribution in [3.05, 3.63) is 29.8 Å². The Morgan fingerprint density at radius 2 is 2.05 bits per heavy atom. The standard InChI is InChI=1S/C17H26N2O2/c1-13(18-12-17(21)9-4-3-5-10-17)15-7-6-8-16(11-15)19-14(2)20/h6-8,11,13,18,21H,3-5,9-10,12H2,1-2H3,(H,19,20). The normalized spacial score (nSPS) is 19.0. The third kappa shape index (κ3) is 4.83. The molecule has 0 radical (unpaired) electrons. The molecule has 1 aliphatic carbocycles. The van der Waals surface area contributed by atoms with Gasteiger partial charge in [-0.05, 0) is 37.5 Å². The van der Waals surface area contributed by atoms with Crippen molar-refractivity contribution in [1.29, 1.82) is 0 Å². The molecule has 0 bridgehead atoms. The fourth-order valence-electron chi connectivity index (χ4n) is 2.94. The van der Waals surface area contributed by atoms with Gasteiger partial charge in [-0.3, -0.25) is 4.79 Å². The number of hydrogen-bond donors (Lipinski definition) is 3. The number of benzene rings is 1. The summed E-state index contributed by atoms with van der Waals surface area (Å²) in [6, 6.07) is 7.97. The van der Waals surface area contributed by atoms with Crippen LogP contribution in [0, 0.1) is 0 Å². The number of carbonyl (C=O) groups excluding carboxylic acids is 1. The molecule has 21 heavy (non-hydrogen) atoms. The van der Waals surface area contributed by atoms with E-state index in [4.69, 9.17) is 0 Å². The minimum Gasteiger partial charge on any atom is -0.389 e. The van der Waals surface area contributed by atoms with Gasteiger partial charge < -0.3 is 15.7 Å². The van der Waals surface area contributed by atoms with Crippen LogP contribution in [0.5, 0.6) is 0 Å². The number of anilines is 1. The zero-order chi connectivity index (χ0) is 15.3. The van der Waals surface area contributed by atoms with Crippen molar-refractivity contribution >= 4 is 11.6 Å². The number of hydrogen-bond acceptors (Lipinski definition) is 3. The lowest BCUT2D eigenvalue weighted by Crippen LogP contribution is -2.42. The van der Waals surface area contributed by atoms with Crippen molar-refractivity contribution < 1.29 is 9.90 Å². The van der Waals surface area contributed by atoms with Crippen molar-refractivity contribution in [2.24, 2.45) is 0 Å². The monoisotopic (exact) mass is 290 g/mol. The third-order valence-corrected chi connectivity index (χ3v) is 4.23. The van der Waals surface area contributed by atoms with E-state index in [9.17, 15) is 9.90 Å². The van der Waals surface area contributed by atoms with E-state index < -0.39 is 5.60 Å². The fraction of sp³-hybridized carbons (Fsp3) is 0.588. The molecule has 4 heteroatoms. The average molecular weight is 290 g/mol. The lowest BCUT2D eigenvalue weighted by atomic mass is 9.84. The van der Waals surface area contributed by atoms with E-state index in [0.717, 1.165) is 36.9 Å². The number of rotatable bonds is 5. The Morgan fingerprint density at radius 1 is 1.33 bits per heavy atom. The van der Waals surface area contributed by atoms with Gasteiger partial charge in [0, 0.05) is 25.2 Å². The molecule has 1 unspecified atom stereocenters. The largest absolute Gasteiger partial charge is 0.389 e. The molecule has 1 fully saturated rings. The topological polar surface area (TPSA) is 61.4 Å². The minimum atomic E-state index is -0.554. The maximum atomic E-state index is 11.1. The molecule has 1 atom stereocenters. The van der Waals surface area contributed by atoms with Crippen molar-refractivity contribution in [2.45, 2.75) is 57.6 Å². The molecule has 4 nitrogen and oxygen atoms in total. The summed E-state index contributed by atoms with van der Waals surface area (Å²) in [4.78, 5) is 11.1. The molecule has 1 aromatic rings. The van der Waals surface area contributed by atoms with Gasteiger partial charge in [-0.1, -0.05) is 31.4 Å². The third-order valence-electron chi connectivity index (χ3n) is 4.23. The first-order valence-electron chi connectivity index (χ1n) is 7.82. The lowest BCUT2D eigenvalue weighted by Gasteiger charge is -2.33. The molecule has 1 saturated carbocycles. The Morgan fingerprint density at radius 3 is 2.71 bits per heavy atom. The highest BCUT2D eigenvalue weighted by Crippen LogP contribution is 2.28. The first kappa shape index (κ1) is 16.0. The van der Waals surface area contributed by atoms with Gasteiger partial charge in [0.2, 0.25) is 5.91 Å². The summed E-state index contributed by atoms with van der Waals surface area (Å²) in [6.07, 6.45) is 5.24. The predicted molar refractivity (Wildman–Crippen MR) is 85.2 cm³/mol. The Hall–Kier alpha value is -1.39. The number of aliphatic hydroxyl groups is 1. The molecule has 1 aromatic carbocycles. The van der Waals surface area contributed by atoms with Gasteiger partial charge in [0.1, 0.15) is 0 Å². The van der Waals surface area contributed by atoms with E-state index >= 15 is 0 Å². The van der Waals surface area contributed by atoms with Crippen LogP contribution >= 0.6 is 0 Å². The molecule has 0 heterocycles. The van der Waals surface area contributed by atoms with Crippen molar-refractivity contribution in [2.75, 3.05) is 11.9 Å². The second kappa shape index (κ2) is 7.05. The molecular weight excluding hydrogens is 264 g/mol. The van der Waals surface area contributed by atoms with Gasteiger partial charge in [0.25, 0.3) is 0 Å². The maximum absolute atomic E-state index is 11.1. The molecule has 0 aliphatic heterocycles. The SMILES string of the molecule is CC(=O)Nc1cccc(C(C)NCC2(O)CCCCC2)c1. The minimum absolute atomic E-state index is 0.0655. The van der Waals surface area contributed by atoms with Crippen LogP contribution in [0.25, 0.3) is 0 Å². The zero-order valence-corrected chi connectivity index (χ0v) is 13.0. The second-order valence-corrected chi connectivity index (χ2v) is 6.19. The van der Waals surface area contributed by atoms with Crippen LogP contribution in [-0.2, 0) is 4.79 Å². The molecule has 116 valence electrons. The van der Waals surface area contributed by atoms with Gasteiger partial charge in [-0.25, -0.2) is 0 Å². The Bertz CT molecular complexity index is 481. The molecule has 0 spiro atoms. The fourth-order valence-corrected chi connectivity index (χ4v) is 2.94. The molecular formula is C17H26N2O2. The highest BCUT2D eigenvalue weighted by atomic mass is 16.3. The van der Waals surface area contributed by atoms with Crippen molar-refractivity contribution in [3.63, 3.8) is 0 Å². The van der Waals surface area contributed by atoms with Crippen LogP contribution in [0.3, 0.4) is 0 Å². The summed E-state index contributed by atoms with van der Waals surface area (Å²) in [5, 5.41) is 16.7. The summed E-state index contributed by atoms with van der Waals surface area (Å²) in [6.45, 7) is 4.21. The Kier molecular flexibility index (Phi) is 5.37. The number of amides is 1. The summed E-state index contributed by atoms with van der Waals surface area (Å²) < 4.78 is 0. The van der Waals surface area contributed by atoms with Gasteiger partial charge in [0.05, 0.1) is 5.60 Å². The zero-order valence-electron chi connectivity index (χ0n) is 13.0. The smallest absolute Gasteiger partial charge is 0.221 e. The average Bonchev–Trinajstić information content (AvgIpc) is 2.45. The molecule has 2 rings (SSSR count). The van der Waals surface area contributed by atoms with Crippen LogP contribution in [0.2, 0.25) is 0 Å². The summed E-state index contributed by atoms with van der Waals surface area (Å²) in [5.41, 5.74) is 1.37. The second-order valence-electron chi connectivity index (χ2n) is 6.19. The highest BCUT2D eigenvalue weighted by Gasteiger charge is 2.29. The molecule has 0 aromatic heterocycles. The van der Waals surface area contributed by atoms with E-state index in [0.29, 0.717) is 6.54 Å². The summed E-state index contributed by atoms with van der Waals surface area (Å²) >= 11 is 0. The first-order valence-corrected chi connectivity index (χ1v) is 7.82. The molecule has 1 amide bonds. The van der Waals surface area contributed by atoms with E-state index in [-0.39, 0.29) is 11.9 Å². The van der Waals surface area contributed by atoms with Crippen LogP contribution in [0.4, 0.5) is 5.69 Å². The van der Waals surface area contributed by atoms with Gasteiger partial charge in [-0.2, -0.15) is 0 Å². The van der Waals surface area contributed by atoms with E-state index in [1.165, 1.54) is 13.3 Å². The predicted octanol–water partition coefficient (Wildman–Crippen LogP) is 2.99. The van der Waals surface area contributed by atoms with Gasteiger partial charge in [0.15, 0.2) is 0 Å². The van der Waals surface area contributed by atoms with E-state index in [1.807, 2.05) is 24.3 Å². The van der Waals surface area contributed by atoms with Crippen LogP contribution < -0.4 is 10.6 Å².